The molecule has 0 aliphatic heterocycles. The van der Waals surface area contributed by atoms with Crippen LogP contribution in [0.5, 0.6) is 5.75 Å². The van der Waals surface area contributed by atoms with Gasteiger partial charge in [-0.05, 0) is 37.6 Å². The van der Waals surface area contributed by atoms with Crippen LogP contribution in [0, 0.1) is 0 Å². The molecule has 0 spiro atoms. The number of rotatable bonds is 11. The van der Waals surface area contributed by atoms with Crippen molar-refractivity contribution in [2.45, 2.75) is 52.4 Å². The highest BCUT2D eigenvalue weighted by Gasteiger charge is 2.46. The topological polar surface area (TPSA) is 63.6 Å². The third-order valence-electron chi connectivity index (χ3n) is 5.21. The Balaban J connectivity index is 2.07. The van der Waals surface area contributed by atoms with Crippen molar-refractivity contribution in [1.82, 2.24) is 4.48 Å². The maximum atomic E-state index is 13.1. The average Bonchev–Trinajstić information content (AvgIpc) is 2.75. The molecule has 2 aromatic carbocycles. The number of nitrogens with zero attached hydrogens (tertiary/aromatic N) is 1. The Bertz CT molecular complexity index is 773. The second kappa shape index (κ2) is 11.4. The van der Waals surface area contributed by atoms with Crippen LogP contribution >= 0.6 is 0 Å². The van der Waals surface area contributed by atoms with Gasteiger partial charge in [-0.25, -0.2) is 4.79 Å². The van der Waals surface area contributed by atoms with Crippen molar-refractivity contribution >= 4 is 17.7 Å². The number of amides is 2. The molecule has 0 radical (unpaired) electrons. The molecule has 5 heteroatoms. The largest absolute Gasteiger partial charge is 0.526 e. The van der Waals surface area contributed by atoms with Gasteiger partial charge in [-0.2, -0.15) is 4.79 Å². The van der Waals surface area contributed by atoms with E-state index in [1.54, 1.807) is 61.5 Å². The first-order chi connectivity index (χ1) is 14.1. The predicted octanol–water partition coefficient (Wildman–Crippen LogP) is 6.27. The maximum absolute atomic E-state index is 13.1. The highest BCUT2D eigenvalue weighted by molar-refractivity contribution is 6.13. The number of ether oxygens (including phenoxy) is 1. The number of carboxylic acid groups (broad SMARTS) is 1. The minimum Gasteiger partial charge on any atom is -0.494 e. The van der Waals surface area contributed by atoms with Gasteiger partial charge in [0.2, 0.25) is 0 Å². The first-order valence-electron chi connectivity index (χ1n) is 10.5. The lowest BCUT2D eigenvalue weighted by molar-refractivity contribution is 0.0757. The van der Waals surface area contributed by atoms with Crippen LogP contribution in [-0.4, -0.2) is 30.3 Å². The van der Waals surface area contributed by atoms with Gasteiger partial charge in [0.15, 0.2) is 5.69 Å². The minimum atomic E-state index is -1.19. The molecule has 0 saturated carbocycles. The molecule has 0 saturated heterocycles. The van der Waals surface area contributed by atoms with Crippen LogP contribution in [0.4, 0.5) is 10.5 Å². The van der Waals surface area contributed by atoms with Crippen molar-refractivity contribution in [3.63, 3.8) is 0 Å². The Kier molecular flexibility index (Phi) is 8.87. The summed E-state index contributed by atoms with van der Waals surface area (Å²) < 4.78 is 5.00. The van der Waals surface area contributed by atoms with E-state index in [0.717, 1.165) is 12.8 Å². The number of carbonyl (C=O) groups is 2. The number of imide groups is 1. The van der Waals surface area contributed by atoms with Gasteiger partial charge in [-0.15, -0.1) is 4.48 Å². The number of hydrogen-bond donors (Lipinski definition) is 1. The van der Waals surface area contributed by atoms with E-state index in [-0.39, 0.29) is 6.54 Å². The van der Waals surface area contributed by atoms with Crippen LogP contribution in [0.1, 0.15) is 62.7 Å². The predicted molar refractivity (Wildman–Crippen MR) is 116 cm³/mol. The highest BCUT2D eigenvalue weighted by Crippen LogP contribution is 2.29. The molecule has 1 atom stereocenters. The SMILES string of the molecule is CCCCCCCCOc1ccc([N+](CC)(C(=O)O)C(=O)c2ccccc2)cc1. The zero-order valence-corrected chi connectivity index (χ0v) is 17.5. The summed E-state index contributed by atoms with van der Waals surface area (Å²) in [6.07, 6.45) is 5.98. The van der Waals surface area contributed by atoms with E-state index in [1.165, 1.54) is 25.7 Å². The maximum Gasteiger partial charge on any atom is 0.526 e. The van der Waals surface area contributed by atoms with E-state index in [4.69, 9.17) is 4.74 Å². The van der Waals surface area contributed by atoms with Crippen molar-refractivity contribution in [1.29, 1.82) is 0 Å². The second-order valence-electron chi connectivity index (χ2n) is 7.19. The first kappa shape index (κ1) is 22.6. The van der Waals surface area contributed by atoms with E-state index >= 15 is 0 Å². The number of carbonyl (C=O) groups excluding carboxylic acids is 1. The molecule has 1 unspecified atom stereocenters. The summed E-state index contributed by atoms with van der Waals surface area (Å²) in [6, 6.07) is 15.4. The van der Waals surface area contributed by atoms with Gasteiger partial charge < -0.3 is 9.84 Å². The van der Waals surface area contributed by atoms with Crippen LogP contribution < -0.4 is 9.22 Å². The molecule has 0 aliphatic rings. The Morgan fingerprint density at radius 2 is 1.48 bits per heavy atom. The second-order valence-corrected chi connectivity index (χ2v) is 7.19. The minimum absolute atomic E-state index is 0.112. The lowest BCUT2D eigenvalue weighted by atomic mass is 10.1. The lowest BCUT2D eigenvalue weighted by Crippen LogP contribution is -2.57. The van der Waals surface area contributed by atoms with Crippen LogP contribution in [0.25, 0.3) is 0 Å². The summed E-state index contributed by atoms with van der Waals surface area (Å²) in [5.74, 6) is 0.232. The van der Waals surface area contributed by atoms with Crippen LogP contribution in [-0.2, 0) is 0 Å². The Morgan fingerprint density at radius 1 is 0.862 bits per heavy atom. The number of benzene rings is 2. The molecule has 2 rings (SSSR count). The third kappa shape index (κ3) is 5.67. The summed E-state index contributed by atoms with van der Waals surface area (Å²) >= 11 is 0. The van der Waals surface area contributed by atoms with Crippen molar-refractivity contribution < 1.29 is 19.4 Å². The summed E-state index contributed by atoms with van der Waals surface area (Å²) in [5.41, 5.74) is 0.793. The number of hydrogen-bond acceptors (Lipinski definition) is 3. The molecule has 0 heterocycles. The van der Waals surface area contributed by atoms with Crippen molar-refractivity contribution in [3.8, 4) is 5.75 Å². The summed E-state index contributed by atoms with van der Waals surface area (Å²) in [7, 11) is 0. The van der Waals surface area contributed by atoms with E-state index in [9.17, 15) is 14.7 Å². The van der Waals surface area contributed by atoms with Crippen LogP contribution in [0.2, 0.25) is 0 Å². The molecule has 1 N–H and O–H groups in total. The summed E-state index contributed by atoms with van der Waals surface area (Å²) in [5, 5.41) is 9.96. The summed E-state index contributed by atoms with van der Waals surface area (Å²) in [6.45, 7) is 4.66. The molecule has 0 aliphatic carbocycles. The van der Waals surface area contributed by atoms with Gasteiger partial charge >= 0.3 is 12.0 Å². The van der Waals surface area contributed by atoms with E-state index < -0.39 is 16.5 Å². The highest BCUT2D eigenvalue weighted by atomic mass is 16.5. The fourth-order valence-electron chi connectivity index (χ4n) is 3.45. The van der Waals surface area contributed by atoms with Gasteiger partial charge in [-0.1, -0.05) is 57.2 Å². The molecule has 5 nitrogen and oxygen atoms in total. The van der Waals surface area contributed by atoms with Gasteiger partial charge in [0.05, 0.1) is 18.7 Å². The van der Waals surface area contributed by atoms with E-state index in [0.29, 0.717) is 23.6 Å². The fourth-order valence-corrected chi connectivity index (χ4v) is 3.45. The Labute approximate surface area is 173 Å². The molecule has 2 amide bonds. The molecule has 29 heavy (non-hydrogen) atoms. The zero-order chi connectivity index (χ0) is 21.1. The average molecular weight is 399 g/mol. The molecular weight excluding hydrogens is 366 g/mol. The molecule has 156 valence electrons. The third-order valence-corrected chi connectivity index (χ3v) is 5.21. The Hall–Kier alpha value is -2.66. The van der Waals surface area contributed by atoms with E-state index in [1.807, 2.05) is 0 Å². The Morgan fingerprint density at radius 3 is 2.07 bits per heavy atom. The van der Waals surface area contributed by atoms with Crippen molar-refractivity contribution in [3.05, 3.63) is 60.2 Å². The molecule has 0 fully saturated rings. The number of quaternary nitrogens is 1. The summed E-state index contributed by atoms with van der Waals surface area (Å²) in [4.78, 5) is 25.3. The monoisotopic (exact) mass is 398 g/mol. The van der Waals surface area contributed by atoms with Crippen molar-refractivity contribution in [2.24, 2.45) is 0 Å². The molecule has 0 aromatic heterocycles. The van der Waals surface area contributed by atoms with Crippen molar-refractivity contribution in [2.75, 3.05) is 13.2 Å². The van der Waals surface area contributed by atoms with Crippen LogP contribution in [0.3, 0.4) is 0 Å². The van der Waals surface area contributed by atoms with Gasteiger partial charge in [-0.3, -0.25) is 0 Å². The van der Waals surface area contributed by atoms with Crippen LogP contribution in [0.15, 0.2) is 54.6 Å². The van der Waals surface area contributed by atoms with E-state index in [2.05, 4.69) is 6.92 Å². The van der Waals surface area contributed by atoms with Gasteiger partial charge in [0.1, 0.15) is 5.75 Å². The normalized spacial score (nSPS) is 12.9. The van der Waals surface area contributed by atoms with Gasteiger partial charge in [0.25, 0.3) is 0 Å². The lowest BCUT2D eigenvalue weighted by Gasteiger charge is -2.28. The number of unbranched alkanes of at least 4 members (excludes halogenated alkanes) is 5. The molecule has 0 bridgehead atoms. The standard InChI is InChI=1S/C24H31NO4/c1-3-5-6-7-8-12-19-29-22-17-15-21(16-18-22)25(4-2,24(27)28)23(26)20-13-10-9-11-14-20/h9-11,13-18H,3-8,12,19H2,1-2H3/p+1. The molecule has 2 aromatic rings. The molecular formula is C24H32NO4+. The van der Waals surface area contributed by atoms with Gasteiger partial charge in [0, 0.05) is 12.1 Å². The first-order valence-corrected chi connectivity index (χ1v) is 10.5. The smallest absolute Gasteiger partial charge is 0.494 e. The zero-order valence-electron chi connectivity index (χ0n) is 17.5. The quantitative estimate of drug-likeness (QED) is 0.358. The fraction of sp³-hybridized carbons (Fsp3) is 0.417.